The molecule has 0 aliphatic heterocycles. The van der Waals surface area contributed by atoms with Crippen LogP contribution < -0.4 is 5.46 Å². The average Bonchev–Trinajstić information content (AvgIpc) is 2.59. The molecule has 4 aromatic rings. The van der Waals surface area contributed by atoms with Crippen molar-refractivity contribution in [1.29, 1.82) is 0 Å². The SMILES string of the molecule is OB(O)c1cccc2cc3ccc(-c4ccccc4)cc3cc12. The molecule has 0 amide bonds. The van der Waals surface area contributed by atoms with Crippen molar-refractivity contribution in [3.63, 3.8) is 0 Å². The van der Waals surface area contributed by atoms with E-state index in [-0.39, 0.29) is 0 Å². The number of hydrogen-bond acceptors (Lipinski definition) is 2. The van der Waals surface area contributed by atoms with E-state index in [4.69, 9.17) is 0 Å². The molecule has 0 spiro atoms. The van der Waals surface area contributed by atoms with E-state index in [0.717, 1.165) is 27.1 Å². The molecule has 2 N–H and O–H groups in total. The van der Waals surface area contributed by atoms with E-state index in [0.29, 0.717) is 5.46 Å². The Morgan fingerprint density at radius 1 is 0.565 bits per heavy atom. The van der Waals surface area contributed by atoms with E-state index in [1.807, 2.05) is 36.4 Å². The molecule has 0 unspecified atom stereocenters. The Bertz CT molecular complexity index is 994. The first-order chi connectivity index (χ1) is 11.2. The summed E-state index contributed by atoms with van der Waals surface area (Å²) in [5.74, 6) is 0. The molecule has 4 rings (SSSR count). The molecule has 0 aliphatic rings. The zero-order valence-electron chi connectivity index (χ0n) is 12.5. The fourth-order valence-electron chi connectivity index (χ4n) is 3.08. The van der Waals surface area contributed by atoms with Gasteiger partial charge in [-0.3, -0.25) is 0 Å². The van der Waals surface area contributed by atoms with Crippen molar-refractivity contribution in [2.75, 3.05) is 0 Å². The van der Waals surface area contributed by atoms with Crippen molar-refractivity contribution in [3.05, 3.63) is 78.9 Å². The van der Waals surface area contributed by atoms with E-state index < -0.39 is 7.12 Å². The van der Waals surface area contributed by atoms with Gasteiger partial charge in [0.15, 0.2) is 0 Å². The standard InChI is InChI=1S/C20H15BO2/c22-21(23)20-8-4-7-17-11-16-10-9-15(12-18(16)13-19(17)20)14-5-2-1-3-6-14/h1-13,22-23H. The fraction of sp³-hybridized carbons (Fsp3) is 0. The van der Waals surface area contributed by atoms with Gasteiger partial charge in [-0.2, -0.15) is 0 Å². The second kappa shape index (κ2) is 5.54. The lowest BCUT2D eigenvalue weighted by atomic mass is 9.77. The van der Waals surface area contributed by atoms with Crippen LogP contribution >= 0.6 is 0 Å². The van der Waals surface area contributed by atoms with Crippen LogP contribution in [-0.4, -0.2) is 17.2 Å². The Kier molecular flexibility index (Phi) is 3.38. The summed E-state index contributed by atoms with van der Waals surface area (Å²) in [5, 5.41) is 23.3. The van der Waals surface area contributed by atoms with Crippen LogP contribution in [-0.2, 0) is 0 Å². The van der Waals surface area contributed by atoms with E-state index in [1.54, 1.807) is 6.07 Å². The molecular formula is C20H15BO2. The second-order valence-corrected chi connectivity index (χ2v) is 5.72. The molecule has 0 saturated heterocycles. The molecule has 110 valence electrons. The predicted octanol–water partition coefficient (Wildman–Crippen LogP) is 3.34. The summed E-state index contributed by atoms with van der Waals surface area (Å²) in [5.41, 5.74) is 2.86. The van der Waals surface area contributed by atoms with Crippen LogP contribution in [0, 0.1) is 0 Å². The van der Waals surface area contributed by atoms with Gasteiger partial charge in [0, 0.05) is 0 Å². The molecule has 0 fully saturated rings. The molecule has 0 radical (unpaired) electrons. The average molecular weight is 298 g/mol. The zero-order chi connectivity index (χ0) is 15.8. The lowest BCUT2D eigenvalue weighted by Crippen LogP contribution is -2.30. The third kappa shape index (κ3) is 2.50. The maximum absolute atomic E-state index is 9.58. The summed E-state index contributed by atoms with van der Waals surface area (Å²) in [4.78, 5) is 0. The fourth-order valence-corrected chi connectivity index (χ4v) is 3.08. The van der Waals surface area contributed by atoms with Crippen LogP contribution in [0.25, 0.3) is 32.7 Å². The van der Waals surface area contributed by atoms with Gasteiger partial charge in [-0.25, -0.2) is 0 Å². The number of benzene rings is 4. The van der Waals surface area contributed by atoms with Crippen molar-refractivity contribution in [2.45, 2.75) is 0 Å². The van der Waals surface area contributed by atoms with Crippen molar-refractivity contribution in [1.82, 2.24) is 0 Å². The molecule has 0 aliphatic carbocycles. The van der Waals surface area contributed by atoms with Crippen molar-refractivity contribution in [3.8, 4) is 11.1 Å². The van der Waals surface area contributed by atoms with Gasteiger partial charge in [-0.15, -0.1) is 0 Å². The minimum absolute atomic E-state index is 0.537. The Morgan fingerprint density at radius 2 is 1.39 bits per heavy atom. The van der Waals surface area contributed by atoms with E-state index >= 15 is 0 Å². The summed E-state index contributed by atoms with van der Waals surface area (Å²) in [6, 6.07) is 26.3. The Hall–Kier alpha value is -2.62. The van der Waals surface area contributed by atoms with Crippen LogP contribution in [0.15, 0.2) is 78.9 Å². The predicted molar refractivity (Wildman–Crippen MR) is 96.7 cm³/mol. The highest BCUT2D eigenvalue weighted by Crippen LogP contribution is 2.27. The molecule has 0 aromatic heterocycles. The van der Waals surface area contributed by atoms with Crippen molar-refractivity contribution < 1.29 is 10.0 Å². The number of fused-ring (bicyclic) bond motifs is 2. The van der Waals surface area contributed by atoms with Crippen molar-refractivity contribution in [2.24, 2.45) is 0 Å². The summed E-state index contributed by atoms with van der Waals surface area (Å²) in [7, 11) is -1.46. The van der Waals surface area contributed by atoms with Gasteiger partial charge in [0.05, 0.1) is 0 Å². The third-order valence-corrected chi connectivity index (χ3v) is 4.26. The molecule has 23 heavy (non-hydrogen) atoms. The van der Waals surface area contributed by atoms with Crippen LogP contribution in [0.2, 0.25) is 0 Å². The maximum Gasteiger partial charge on any atom is 0.489 e. The first kappa shape index (κ1) is 14.0. The van der Waals surface area contributed by atoms with Gasteiger partial charge < -0.3 is 10.0 Å². The molecule has 3 heteroatoms. The Balaban J connectivity index is 1.97. The monoisotopic (exact) mass is 298 g/mol. The Labute approximate surface area is 134 Å². The molecule has 0 heterocycles. The van der Waals surface area contributed by atoms with Crippen LogP contribution in [0.5, 0.6) is 0 Å². The van der Waals surface area contributed by atoms with E-state index in [9.17, 15) is 10.0 Å². The van der Waals surface area contributed by atoms with Crippen LogP contribution in [0.3, 0.4) is 0 Å². The van der Waals surface area contributed by atoms with Crippen molar-refractivity contribution >= 4 is 34.1 Å². The first-order valence-electron chi connectivity index (χ1n) is 7.60. The largest absolute Gasteiger partial charge is 0.489 e. The van der Waals surface area contributed by atoms with Crippen LogP contribution in [0.4, 0.5) is 0 Å². The second-order valence-electron chi connectivity index (χ2n) is 5.72. The van der Waals surface area contributed by atoms with Crippen LogP contribution in [0.1, 0.15) is 0 Å². The normalized spacial score (nSPS) is 11.0. The van der Waals surface area contributed by atoms with Gasteiger partial charge in [0.1, 0.15) is 0 Å². The van der Waals surface area contributed by atoms with Gasteiger partial charge >= 0.3 is 7.12 Å². The molecule has 0 saturated carbocycles. The highest BCUT2D eigenvalue weighted by molar-refractivity contribution is 6.62. The quantitative estimate of drug-likeness (QED) is 0.440. The molecule has 4 aromatic carbocycles. The van der Waals surface area contributed by atoms with Gasteiger partial charge in [0.25, 0.3) is 0 Å². The number of rotatable bonds is 2. The maximum atomic E-state index is 9.58. The summed E-state index contributed by atoms with van der Waals surface area (Å²) in [6.07, 6.45) is 0. The van der Waals surface area contributed by atoms with Gasteiger partial charge in [0.2, 0.25) is 0 Å². The zero-order valence-corrected chi connectivity index (χ0v) is 12.5. The van der Waals surface area contributed by atoms with Gasteiger partial charge in [-0.05, 0) is 56.3 Å². The lowest BCUT2D eigenvalue weighted by molar-refractivity contribution is 0.426. The summed E-state index contributed by atoms with van der Waals surface area (Å²) >= 11 is 0. The Morgan fingerprint density at radius 3 is 2.17 bits per heavy atom. The first-order valence-corrected chi connectivity index (χ1v) is 7.60. The highest BCUT2D eigenvalue weighted by Gasteiger charge is 2.14. The molecule has 2 nitrogen and oxygen atoms in total. The van der Waals surface area contributed by atoms with Gasteiger partial charge in [-0.1, -0.05) is 60.7 Å². The lowest BCUT2D eigenvalue weighted by Gasteiger charge is -2.09. The molecule has 0 atom stereocenters. The number of hydrogen-bond donors (Lipinski definition) is 2. The highest BCUT2D eigenvalue weighted by atomic mass is 16.4. The minimum Gasteiger partial charge on any atom is -0.423 e. The third-order valence-electron chi connectivity index (χ3n) is 4.26. The summed E-state index contributed by atoms with van der Waals surface area (Å²) < 4.78 is 0. The van der Waals surface area contributed by atoms with E-state index in [1.165, 1.54) is 5.56 Å². The topological polar surface area (TPSA) is 40.5 Å². The minimum atomic E-state index is -1.46. The molecular weight excluding hydrogens is 283 g/mol. The smallest absolute Gasteiger partial charge is 0.423 e. The van der Waals surface area contributed by atoms with E-state index in [2.05, 4.69) is 36.4 Å². The summed E-state index contributed by atoms with van der Waals surface area (Å²) in [6.45, 7) is 0. The molecule has 0 bridgehead atoms.